The summed E-state index contributed by atoms with van der Waals surface area (Å²) >= 11 is 3.56. The Morgan fingerprint density at radius 1 is 1.35 bits per heavy atom. The van der Waals surface area contributed by atoms with Crippen LogP contribution in [0.15, 0.2) is 24.3 Å². The molecule has 0 saturated carbocycles. The Balaban J connectivity index is 2.55. The van der Waals surface area contributed by atoms with Crippen LogP contribution in [0.5, 0.6) is 5.75 Å². The molecule has 1 aromatic carbocycles. The van der Waals surface area contributed by atoms with Crippen molar-refractivity contribution in [3.63, 3.8) is 0 Å². The van der Waals surface area contributed by atoms with Gasteiger partial charge in [0.25, 0.3) is 0 Å². The third kappa shape index (κ3) is 4.82. The molecule has 1 N–H and O–H groups in total. The Bertz CT molecular complexity index is 422. The summed E-state index contributed by atoms with van der Waals surface area (Å²) in [5.41, 5.74) is 1.13. The maximum absolute atomic E-state index is 12.0. The van der Waals surface area contributed by atoms with Crippen molar-refractivity contribution in [1.82, 2.24) is 5.32 Å². The quantitative estimate of drug-likeness (QED) is 0.734. The fourth-order valence-electron chi connectivity index (χ4n) is 2.05. The molecule has 0 saturated heterocycles. The number of benzene rings is 1. The Hall–Kier alpha value is -1.03. The van der Waals surface area contributed by atoms with E-state index in [2.05, 4.69) is 35.1 Å². The number of ether oxygens (including phenoxy) is 1. The lowest BCUT2D eigenvalue weighted by Crippen LogP contribution is -2.38. The summed E-state index contributed by atoms with van der Waals surface area (Å²) in [6, 6.07) is 7.63. The number of hydrogen-bond donors (Lipinski definition) is 1. The van der Waals surface area contributed by atoms with Gasteiger partial charge in [0.15, 0.2) is 0 Å². The summed E-state index contributed by atoms with van der Waals surface area (Å²) in [5.74, 6) is 0.845. The van der Waals surface area contributed by atoms with Crippen LogP contribution < -0.4 is 10.1 Å². The van der Waals surface area contributed by atoms with E-state index >= 15 is 0 Å². The van der Waals surface area contributed by atoms with Crippen molar-refractivity contribution in [1.29, 1.82) is 0 Å². The van der Waals surface area contributed by atoms with Crippen LogP contribution in [0, 0.1) is 5.41 Å². The fraction of sp³-hybridized carbons (Fsp3) is 0.562. The number of hydrogen-bond acceptors (Lipinski definition) is 2. The molecule has 0 bridgehead atoms. The van der Waals surface area contributed by atoms with E-state index in [1.807, 2.05) is 24.3 Å². The van der Waals surface area contributed by atoms with E-state index in [-0.39, 0.29) is 11.3 Å². The van der Waals surface area contributed by atoms with Gasteiger partial charge in [-0.05, 0) is 36.0 Å². The Labute approximate surface area is 130 Å². The summed E-state index contributed by atoms with van der Waals surface area (Å²) in [7, 11) is 1.63. The summed E-state index contributed by atoms with van der Waals surface area (Å²) in [4.78, 5) is 12.0. The predicted octanol–water partition coefficient (Wildman–Crippen LogP) is 3.56. The Kier molecular flexibility index (Phi) is 7.06. The van der Waals surface area contributed by atoms with Crippen LogP contribution in [0.25, 0.3) is 0 Å². The number of nitrogens with one attached hydrogen (secondary N) is 1. The van der Waals surface area contributed by atoms with E-state index in [1.165, 1.54) is 0 Å². The van der Waals surface area contributed by atoms with Gasteiger partial charge in [0, 0.05) is 11.9 Å². The molecular weight excluding hydrogens is 318 g/mol. The highest BCUT2D eigenvalue weighted by Crippen LogP contribution is 2.27. The number of rotatable bonds is 8. The minimum absolute atomic E-state index is 0.0606. The lowest BCUT2D eigenvalue weighted by molar-refractivity contribution is -0.120. The van der Waals surface area contributed by atoms with Crippen LogP contribution >= 0.6 is 15.9 Å². The highest BCUT2D eigenvalue weighted by atomic mass is 79.9. The highest BCUT2D eigenvalue weighted by molar-refractivity contribution is 9.09. The van der Waals surface area contributed by atoms with E-state index in [0.29, 0.717) is 13.0 Å². The van der Waals surface area contributed by atoms with Crippen LogP contribution in [0.3, 0.4) is 0 Å². The molecule has 4 heteroatoms. The SMILES string of the molecule is CCC(CC)(CBr)CNC(=O)Cc1cccc(OC)c1. The second-order valence-electron chi connectivity index (χ2n) is 5.15. The van der Waals surface area contributed by atoms with Crippen molar-refractivity contribution >= 4 is 21.8 Å². The third-order valence-corrected chi connectivity index (χ3v) is 5.13. The molecule has 1 amide bonds. The number of amides is 1. The van der Waals surface area contributed by atoms with Crippen LogP contribution in [-0.2, 0) is 11.2 Å². The minimum Gasteiger partial charge on any atom is -0.497 e. The first kappa shape index (κ1) is 17.0. The fourth-order valence-corrected chi connectivity index (χ4v) is 3.04. The molecule has 0 aliphatic rings. The van der Waals surface area contributed by atoms with E-state index < -0.39 is 0 Å². The molecule has 3 nitrogen and oxygen atoms in total. The summed E-state index contributed by atoms with van der Waals surface area (Å²) in [5, 5.41) is 3.96. The number of alkyl halides is 1. The highest BCUT2D eigenvalue weighted by Gasteiger charge is 2.25. The zero-order valence-corrected chi connectivity index (χ0v) is 14.1. The van der Waals surface area contributed by atoms with Gasteiger partial charge >= 0.3 is 0 Å². The van der Waals surface area contributed by atoms with Crippen LogP contribution in [0.1, 0.15) is 32.3 Å². The molecule has 0 unspecified atom stereocenters. The first-order valence-electron chi connectivity index (χ1n) is 7.04. The van der Waals surface area contributed by atoms with Crippen molar-refractivity contribution < 1.29 is 9.53 Å². The third-order valence-electron chi connectivity index (χ3n) is 3.94. The number of carbonyl (C=O) groups is 1. The predicted molar refractivity (Wildman–Crippen MR) is 86.5 cm³/mol. The number of methoxy groups -OCH3 is 1. The molecule has 0 atom stereocenters. The summed E-state index contributed by atoms with van der Waals surface area (Å²) < 4.78 is 5.16. The van der Waals surface area contributed by atoms with E-state index in [9.17, 15) is 4.79 Å². The van der Waals surface area contributed by atoms with Crippen LogP contribution in [0.4, 0.5) is 0 Å². The molecule has 0 radical (unpaired) electrons. The van der Waals surface area contributed by atoms with Crippen molar-refractivity contribution in [2.75, 3.05) is 19.0 Å². The Morgan fingerprint density at radius 2 is 2.05 bits per heavy atom. The van der Waals surface area contributed by atoms with E-state index in [0.717, 1.165) is 29.5 Å². The number of carbonyl (C=O) groups excluding carboxylic acids is 1. The second kappa shape index (κ2) is 8.30. The average Bonchev–Trinajstić information content (AvgIpc) is 2.49. The van der Waals surface area contributed by atoms with Crippen LogP contribution in [-0.4, -0.2) is 24.9 Å². The number of halogens is 1. The van der Waals surface area contributed by atoms with Gasteiger partial charge in [-0.1, -0.05) is 41.9 Å². The normalized spacial score (nSPS) is 11.2. The van der Waals surface area contributed by atoms with E-state index in [4.69, 9.17) is 4.74 Å². The standard InChI is InChI=1S/C16H24BrNO2/c1-4-16(5-2,11-17)12-18-15(19)10-13-7-6-8-14(9-13)20-3/h6-9H,4-5,10-12H2,1-3H3,(H,18,19). The molecule has 0 aromatic heterocycles. The molecule has 1 rings (SSSR count). The lowest BCUT2D eigenvalue weighted by Gasteiger charge is -2.29. The van der Waals surface area contributed by atoms with E-state index in [1.54, 1.807) is 7.11 Å². The molecule has 0 aliphatic heterocycles. The van der Waals surface area contributed by atoms with Gasteiger partial charge in [0.1, 0.15) is 5.75 Å². The maximum atomic E-state index is 12.0. The maximum Gasteiger partial charge on any atom is 0.224 e. The molecule has 1 aromatic rings. The van der Waals surface area contributed by atoms with Crippen molar-refractivity contribution in [3.05, 3.63) is 29.8 Å². The second-order valence-corrected chi connectivity index (χ2v) is 5.71. The van der Waals surface area contributed by atoms with Gasteiger partial charge in [-0.15, -0.1) is 0 Å². The van der Waals surface area contributed by atoms with Crippen molar-refractivity contribution in [2.45, 2.75) is 33.1 Å². The first-order chi connectivity index (χ1) is 9.59. The van der Waals surface area contributed by atoms with Crippen LogP contribution in [0.2, 0.25) is 0 Å². The van der Waals surface area contributed by atoms with Gasteiger partial charge < -0.3 is 10.1 Å². The molecule has 0 aliphatic carbocycles. The smallest absolute Gasteiger partial charge is 0.224 e. The van der Waals surface area contributed by atoms with Gasteiger partial charge in [-0.3, -0.25) is 4.79 Å². The van der Waals surface area contributed by atoms with Gasteiger partial charge in [0.05, 0.1) is 13.5 Å². The van der Waals surface area contributed by atoms with Gasteiger partial charge in [-0.25, -0.2) is 0 Å². The largest absolute Gasteiger partial charge is 0.497 e. The summed E-state index contributed by atoms with van der Waals surface area (Å²) in [6.07, 6.45) is 2.49. The topological polar surface area (TPSA) is 38.3 Å². The van der Waals surface area contributed by atoms with Crippen molar-refractivity contribution in [2.24, 2.45) is 5.41 Å². The van der Waals surface area contributed by atoms with Gasteiger partial charge in [-0.2, -0.15) is 0 Å². The molecule has 0 spiro atoms. The summed E-state index contributed by atoms with van der Waals surface area (Å²) in [6.45, 7) is 5.05. The molecule has 0 fully saturated rings. The Morgan fingerprint density at radius 3 is 2.60 bits per heavy atom. The molecule has 0 heterocycles. The zero-order chi connectivity index (χ0) is 15.0. The van der Waals surface area contributed by atoms with Gasteiger partial charge in [0.2, 0.25) is 5.91 Å². The zero-order valence-electron chi connectivity index (χ0n) is 12.5. The molecular formula is C16H24BrNO2. The molecule has 20 heavy (non-hydrogen) atoms. The van der Waals surface area contributed by atoms with Crippen molar-refractivity contribution in [3.8, 4) is 5.75 Å². The monoisotopic (exact) mass is 341 g/mol. The molecule has 112 valence electrons. The lowest BCUT2D eigenvalue weighted by atomic mass is 9.84. The minimum atomic E-state index is 0.0606. The first-order valence-corrected chi connectivity index (χ1v) is 8.17. The average molecular weight is 342 g/mol.